The molecule has 1 aromatic carbocycles. The van der Waals surface area contributed by atoms with E-state index in [1.54, 1.807) is 9.58 Å². The minimum atomic E-state index is 0.0134. The van der Waals surface area contributed by atoms with E-state index < -0.39 is 0 Å². The lowest BCUT2D eigenvalue weighted by Gasteiger charge is -2.18. The summed E-state index contributed by atoms with van der Waals surface area (Å²) in [6, 6.07) is 11.8. The molecule has 5 heteroatoms. The van der Waals surface area contributed by atoms with Crippen LogP contribution in [-0.4, -0.2) is 46.9 Å². The first-order valence-corrected chi connectivity index (χ1v) is 8.61. The van der Waals surface area contributed by atoms with Crippen LogP contribution >= 0.6 is 0 Å². The number of hydrogen-bond acceptors (Lipinski definition) is 3. The highest BCUT2D eigenvalue weighted by Gasteiger charge is 2.19. The number of aryl methyl sites for hydroxylation is 1. The molecule has 1 fully saturated rings. The summed E-state index contributed by atoms with van der Waals surface area (Å²) in [6.07, 6.45) is 4.69. The van der Waals surface area contributed by atoms with E-state index in [1.807, 2.05) is 50.5 Å². The van der Waals surface area contributed by atoms with Gasteiger partial charge in [-0.05, 0) is 31.7 Å². The third-order valence-corrected chi connectivity index (χ3v) is 4.56. The Hall–Kier alpha value is -2.14. The fourth-order valence-corrected chi connectivity index (χ4v) is 3.14. The lowest BCUT2D eigenvalue weighted by Crippen LogP contribution is -2.29. The minimum absolute atomic E-state index is 0.0134. The molecule has 0 aliphatic carbocycles. The van der Waals surface area contributed by atoms with Crippen LogP contribution in [-0.2, 0) is 11.8 Å². The highest BCUT2D eigenvalue weighted by molar-refractivity contribution is 5.93. The standard InChI is InChI=1S/C19H25N3O2/c1-21(12-6-10-16-11-7-13-24-16)19(23)18-14-17(20-22(18)2)15-8-4-3-5-9-15/h3-5,8-9,14,16H,6-7,10-13H2,1-2H3/t16-/m1/s1. The van der Waals surface area contributed by atoms with Gasteiger partial charge in [-0.15, -0.1) is 0 Å². The number of benzene rings is 1. The van der Waals surface area contributed by atoms with Crippen molar-refractivity contribution in [1.29, 1.82) is 0 Å². The predicted octanol–water partition coefficient (Wildman–Crippen LogP) is 3.12. The number of rotatable bonds is 6. The largest absolute Gasteiger partial charge is 0.378 e. The van der Waals surface area contributed by atoms with Gasteiger partial charge in [-0.25, -0.2) is 0 Å². The molecule has 1 amide bonds. The van der Waals surface area contributed by atoms with Gasteiger partial charge >= 0.3 is 0 Å². The van der Waals surface area contributed by atoms with E-state index in [0.29, 0.717) is 11.8 Å². The fraction of sp³-hybridized carbons (Fsp3) is 0.474. The third-order valence-electron chi connectivity index (χ3n) is 4.56. The maximum absolute atomic E-state index is 12.7. The van der Waals surface area contributed by atoms with Crippen molar-refractivity contribution in [2.24, 2.45) is 7.05 Å². The molecule has 2 aromatic rings. The highest BCUT2D eigenvalue weighted by Crippen LogP contribution is 2.20. The highest BCUT2D eigenvalue weighted by atomic mass is 16.5. The molecule has 1 aliphatic heterocycles. The molecular weight excluding hydrogens is 302 g/mol. The Balaban J connectivity index is 1.60. The summed E-state index contributed by atoms with van der Waals surface area (Å²) in [5, 5.41) is 4.48. The van der Waals surface area contributed by atoms with E-state index >= 15 is 0 Å². The topological polar surface area (TPSA) is 47.4 Å². The molecule has 2 heterocycles. The van der Waals surface area contributed by atoms with Gasteiger partial charge in [-0.2, -0.15) is 5.10 Å². The van der Waals surface area contributed by atoms with Crippen molar-refractivity contribution in [1.82, 2.24) is 14.7 Å². The van der Waals surface area contributed by atoms with Crippen LogP contribution in [0.25, 0.3) is 11.3 Å². The monoisotopic (exact) mass is 327 g/mol. The molecule has 1 saturated heterocycles. The summed E-state index contributed by atoms with van der Waals surface area (Å²) in [6.45, 7) is 1.63. The summed E-state index contributed by atoms with van der Waals surface area (Å²) in [7, 11) is 3.67. The quantitative estimate of drug-likeness (QED) is 0.819. The molecule has 0 spiro atoms. The number of carbonyl (C=O) groups is 1. The average molecular weight is 327 g/mol. The van der Waals surface area contributed by atoms with E-state index in [-0.39, 0.29) is 5.91 Å². The van der Waals surface area contributed by atoms with Crippen LogP contribution < -0.4 is 0 Å². The Morgan fingerprint density at radius 2 is 2.17 bits per heavy atom. The zero-order valence-corrected chi connectivity index (χ0v) is 14.4. The first-order chi connectivity index (χ1) is 11.6. The molecule has 5 nitrogen and oxygen atoms in total. The van der Waals surface area contributed by atoms with Crippen LogP contribution in [0.2, 0.25) is 0 Å². The van der Waals surface area contributed by atoms with E-state index in [1.165, 1.54) is 0 Å². The van der Waals surface area contributed by atoms with Crippen LogP contribution in [0.1, 0.15) is 36.2 Å². The van der Waals surface area contributed by atoms with E-state index in [9.17, 15) is 4.79 Å². The van der Waals surface area contributed by atoms with Gasteiger partial charge in [0.05, 0.1) is 11.8 Å². The van der Waals surface area contributed by atoms with E-state index in [0.717, 1.165) is 50.1 Å². The molecule has 1 atom stereocenters. The molecule has 3 rings (SSSR count). The maximum atomic E-state index is 12.7. The van der Waals surface area contributed by atoms with Gasteiger partial charge in [0.15, 0.2) is 0 Å². The maximum Gasteiger partial charge on any atom is 0.271 e. The van der Waals surface area contributed by atoms with Crippen molar-refractivity contribution < 1.29 is 9.53 Å². The summed E-state index contributed by atoms with van der Waals surface area (Å²) in [5.41, 5.74) is 2.47. The number of amides is 1. The molecule has 128 valence electrons. The Labute approximate surface area is 143 Å². The number of carbonyl (C=O) groups excluding carboxylic acids is 1. The summed E-state index contributed by atoms with van der Waals surface area (Å²) in [4.78, 5) is 14.4. The van der Waals surface area contributed by atoms with Crippen LogP contribution in [0.15, 0.2) is 36.4 Å². The molecule has 24 heavy (non-hydrogen) atoms. The van der Waals surface area contributed by atoms with Crippen LogP contribution in [0, 0.1) is 0 Å². The normalized spacial score (nSPS) is 17.2. The van der Waals surface area contributed by atoms with E-state index in [2.05, 4.69) is 5.10 Å². The Morgan fingerprint density at radius 3 is 2.88 bits per heavy atom. The molecule has 0 unspecified atom stereocenters. The van der Waals surface area contributed by atoms with Gasteiger partial charge < -0.3 is 9.64 Å². The molecule has 0 saturated carbocycles. The zero-order valence-electron chi connectivity index (χ0n) is 14.4. The number of nitrogens with zero attached hydrogens (tertiary/aromatic N) is 3. The van der Waals surface area contributed by atoms with Crippen molar-refractivity contribution in [2.75, 3.05) is 20.2 Å². The average Bonchev–Trinajstić information content (AvgIpc) is 3.24. The first-order valence-electron chi connectivity index (χ1n) is 8.61. The molecule has 0 bridgehead atoms. The summed E-state index contributed by atoms with van der Waals surface area (Å²) >= 11 is 0. The van der Waals surface area contributed by atoms with Crippen molar-refractivity contribution >= 4 is 5.91 Å². The summed E-state index contributed by atoms with van der Waals surface area (Å²) < 4.78 is 7.30. The molecule has 0 radical (unpaired) electrons. The van der Waals surface area contributed by atoms with Crippen LogP contribution in [0.3, 0.4) is 0 Å². The number of aromatic nitrogens is 2. The van der Waals surface area contributed by atoms with E-state index in [4.69, 9.17) is 4.74 Å². The van der Waals surface area contributed by atoms with Crippen molar-refractivity contribution in [3.05, 3.63) is 42.1 Å². The third kappa shape index (κ3) is 3.85. The second kappa shape index (κ2) is 7.62. The van der Waals surface area contributed by atoms with Gasteiger partial charge in [0.25, 0.3) is 5.91 Å². The van der Waals surface area contributed by atoms with Gasteiger partial charge in [-0.1, -0.05) is 30.3 Å². The van der Waals surface area contributed by atoms with Gasteiger partial charge in [0.2, 0.25) is 0 Å². The predicted molar refractivity (Wildman–Crippen MR) is 93.8 cm³/mol. The molecule has 1 aliphatic rings. The fourth-order valence-electron chi connectivity index (χ4n) is 3.14. The summed E-state index contributed by atoms with van der Waals surface area (Å²) in [5.74, 6) is 0.0134. The first kappa shape index (κ1) is 16.7. The van der Waals surface area contributed by atoms with Crippen LogP contribution in [0.4, 0.5) is 0 Å². The van der Waals surface area contributed by atoms with Crippen molar-refractivity contribution in [3.63, 3.8) is 0 Å². The van der Waals surface area contributed by atoms with Crippen LogP contribution in [0.5, 0.6) is 0 Å². The molecule has 0 N–H and O–H groups in total. The second-order valence-electron chi connectivity index (χ2n) is 6.41. The SMILES string of the molecule is CN(CCC[C@@H]1CCCO1)C(=O)c1cc(-c2ccccc2)nn1C. The Kier molecular flexibility index (Phi) is 5.30. The number of hydrogen-bond donors (Lipinski definition) is 0. The van der Waals surface area contributed by atoms with Gasteiger partial charge in [-0.3, -0.25) is 9.48 Å². The second-order valence-corrected chi connectivity index (χ2v) is 6.41. The van der Waals surface area contributed by atoms with Gasteiger partial charge in [0, 0.05) is 32.8 Å². The smallest absolute Gasteiger partial charge is 0.271 e. The lowest BCUT2D eigenvalue weighted by molar-refractivity contribution is 0.0753. The molecular formula is C19H25N3O2. The number of ether oxygens (including phenoxy) is 1. The van der Waals surface area contributed by atoms with Crippen molar-refractivity contribution in [2.45, 2.75) is 31.8 Å². The Bertz CT molecular complexity index is 675. The zero-order chi connectivity index (χ0) is 16.9. The molecule has 1 aromatic heterocycles. The minimum Gasteiger partial charge on any atom is -0.378 e. The Morgan fingerprint density at radius 1 is 1.38 bits per heavy atom. The van der Waals surface area contributed by atoms with Gasteiger partial charge in [0.1, 0.15) is 5.69 Å². The van der Waals surface area contributed by atoms with Crippen molar-refractivity contribution in [3.8, 4) is 11.3 Å². The lowest BCUT2D eigenvalue weighted by atomic mass is 10.1.